The van der Waals surface area contributed by atoms with Crippen LogP contribution < -0.4 is 0 Å². The Morgan fingerprint density at radius 2 is 2.43 bits per heavy atom. The van der Waals surface area contributed by atoms with Crippen LogP contribution in [-0.2, 0) is 17.5 Å². The van der Waals surface area contributed by atoms with Crippen molar-refractivity contribution in [2.24, 2.45) is 5.92 Å². The van der Waals surface area contributed by atoms with Crippen LogP contribution in [0.1, 0.15) is 19.4 Å². The summed E-state index contributed by atoms with van der Waals surface area (Å²) in [6.07, 6.45) is 3.47. The van der Waals surface area contributed by atoms with E-state index in [4.69, 9.17) is 0 Å². The van der Waals surface area contributed by atoms with Gasteiger partial charge in [0.25, 0.3) is 0 Å². The van der Waals surface area contributed by atoms with Crippen LogP contribution in [0.2, 0.25) is 0 Å². The third-order valence-electron chi connectivity index (χ3n) is 2.21. The molecule has 4 heteroatoms. The molecule has 14 heavy (non-hydrogen) atoms. The summed E-state index contributed by atoms with van der Waals surface area (Å²) >= 11 is 0. The molecule has 1 aromatic rings. The van der Waals surface area contributed by atoms with Crippen LogP contribution in [0.15, 0.2) is 23.4 Å². The Morgan fingerprint density at radius 3 is 3.07 bits per heavy atom. The number of hydrogen-bond acceptors (Lipinski definition) is 2. The number of nitrogens with zero attached hydrogens (tertiary/aromatic N) is 2. The molecule has 0 N–H and O–H groups in total. The van der Waals surface area contributed by atoms with Gasteiger partial charge >= 0.3 is 0 Å². The number of pyridine rings is 1. The highest BCUT2D eigenvalue weighted by Gasteiger charge is 2.26. The van der Waals surface area contributed by atoms with E-state index in [2.05, 4.69) is 18.8 Å². The molecule has 76 valence electrons. The fourth-order valence-corrected chi connectivity index (χ4v) is 3.10. The van der Waals surface area contributed by atoms with Crippen molar-refractivity contribution in [2.45, 2.75) is 25.3 Å². The highest BCUT2D eigenvalue weighted by molar-refractivity contribution is 7.83. The predicted octanol–water partition coefficient (Wildman–Crippen LogP) is 1.58. The predicted molar refractivity (Wildman–Crippen MR) is 55.9 cm³/mol. The van der Waals surface area contributed by atoms with E-state index in [1.807, 2.05) is 10.4 Å². The quantitative estimate of drug-likeness (QED) is 0.742. The maximum Gasteiger partial charge on any atom is 0.129 e. The second-order valence-electron chi connectivity index (χ2n) is 3.95. The van der Waals surface area contributed by atoms with Gasteiger partial charge in [0.1, 0.15) is 11.0 Å². The Kier molecular flexibility index (Phi) is 2.65. The monoisotopic (exact) mass is 210 g/mol. The summed E-state index contributed by atoms with van der Waals surface area (Å²) in [6, 6.07) is 1.95. The van der Waals surface area contributed by atoms with Crippen LogP contribution in [0.4, 0.5) is 0 Å². The van der Waals surface area contributed by atoms with E-state index in [9.17, 15) is 4.21 Å². The van der Waals surface area contributed by atoms with Crippen LogP contribution in [0.3, 0.4) is 0 Å². The van der Waals surface area contributed by atoms with Crippen LogP contribution in [0.25, 0.3) is 0 Å². The maximum atomic E-state index is 11.9. The molecule has 1 aromatic heterocycles. The molecule has 3 nitrogen and oxygen atoms in total. The van der Waals surface area contributed by atoms with Gasteiger partial charge in [-0.1, -0.05) is 13.8 Å². The minimum atomic E-state index is -0.985. The largest absolute Gasteiger partial charge is 0.263 e. The highest BCUT2D eigenvalue weighted by atomic mass is 32.2. The summed E-state index contributed by atoms with van der Waals surface area (Å²) in [5.41, 5.74) is 1.15. The van der Waals surface area contributed by atoms with Crippen molar-refractivity contribution in [1.29, 1.82) is 0 Å². The molecule has 2 heterocycles. The van der Waals surface area contributed by atoms with Crippen LogP contribution >= 0.6 is 0 Å². The van der Waals surface area contributed by atoms with Gasteiger partial charge in [-0.15, -0.1) is 0 Å². The van der Waals surface area contributed by atoms with Gasteiger partial charge in [0.05, 0.1) is 4.90 Å². The first-order valence-electron chi connectivity index (χ1n) is 4.78. The van der Waals surface area contributed by atoms with Crippen molar-refractivity contribution in [3.05, 3.63) is 24.0 Å². The molecule has 0 saturated carbocycles. The molecule has 1 aliphatic rings. The highest BCUT2D eigenvalue weighted by Crippen LogP contribution is 2.26. The van der Waals surface area contributed by atoms with Crippen molar-refractivity contribution < 1.29 is 4.21 Å². The molecule has 0 amide bonds. The van der Waals surface area contributed by atoms with Gasteiger partial charge < -0.3 is 0 Å². The number of aromatic nitrogens is 1. The van der Waals surface area contributed by atoms with E-state index >= 15 is 0 Å². The lowest BCUT2D eigenvalue weighted by Gasteiger charge is -2.15. The zero-order valence-corrected chi connectivity index (χ0v) is 9.25. The Labute approximate surface area is 86.7 Å². The summed E-state index contributed by atoms with van der Waals surface area (Å²) in [4.78, 5) is 4.88. The summed E-state index contributed by atoms with van der Waals surface area (Å²) in [7, 11) is -0.985. The average molecular weight is 210 g/mol. The fraction of sp³-hybridized carbons (Fsp3) is 0.500. The molecule has 0 aromatic carbocycles. The van der Waals surface area contributed by atoms with E-state index in [0.29, 0.717) is 5.92 Å². The van der Waals surface area contributed by atoms with Gasteiger partial charge in [-0.05, 0) is 17.5 Å². The first-order chi connectivity index (χ1) is 6.68. The number of rotatable bonds is 2. The lowest BCUT2D eigenvalue weighted by molar-refractivity contribution is 0.396. The normalized spacial score (nSPS) is 21.5. The van der Waals surface area contributed by atoms with Crippen molar-refractivity contribution >= 4 is 11.0 Å². The maximum absolute atomic E-state index is 11.9. The Bertz CT molecular complexity index is 365. The molecule has 1 aliphatic heterocycles. The van der Waals surface area contributed by atoms with Crippen molar-refractivity contribution in [2.75, 3.05) is 6.54 Å². The molecule has 0 radical (unpaired) electrons. The molecular formula is C10H14N2OS. The number of fused-ring (bicyclic) bond motifs is 1. The smallest absolute Gasteiger partial charge is 0.129 e. The summed E-state index contributed by atoms with van der Waals surface area (Å²) in [6.45, 7) is 5.95. The van der Waals surface area contributed by atoms with E-state index in [1.165, 1.54) is 0 Å². The van der Waals surface area contributed by atoms with Crippen molar-refractivity contribution in [1.82, 2.24) is 9.29 Å². The third-order valence-corrected chi connectivity index (χ3v) is 3.70. The minimum absolute atomic E-state index is 0.543. The Balaban J connectivity index is 2.21. The SMILES string of the molecule is CC(C)CN1Cc2ccncc2S1=O. The van der Waals surface area contributed by atoms with Gasteiger partial charge in [-0.25, -0.2) is 8.51 Å². The first-order valence-corrected chi connectivity index (χ1v) is 5.89. The number of hydrogen-bond donors (Lipinski definition) is 0. The standard InChI is InChI=1S/C10H14N2OS/c1-8(2)6-12-7-9-3-4-11-5-10(9)14(12)13/h3-5,8H,6-7H2,1-2H3. The molecule has 0 fully saturated rings. The zero-order chi connectivity index (χ0) is 10.1. The van der Waals surface area contributed by atoms with Crippen LogP contribution in [-0.4, -0.2) is 20.0 Å². The van der Waals surface area contributed by atoms with Crippen LogP contribution in [0, 0.1) is 5.92 Å². The van der Waals surface area contributed by atoms with Crippen LogP contribution in [0.5, 0.6) is 0 Å². The molecule has 2 rings (SSSR count). The second-order valence-corrected chi connectivity index (χ2v) is 5.40. The first kappa shape index (κ1) is 9.80. The van der Waals surface area contributed by atoms with Gasteiger partial charge in [0.15, 0.2) is 0 Å². The Morgan fingerprint density at radius 1 is 1.64 bits per heavy atom. The van der Waals surface area contributed by atoms with E-state index in [0.717, 1.165) is 23.5 Å². The van der Waals surface area contributed by atoms with Crippen molar-refractivity contribution in [3.8, 4) is 0 Å². The second kappa shape index (κ2) is 3.79. The molecule has 0 saturated heterocycles. The molecule has 1 unspecified atom stereocenters. The van der Waals surface area contributed by atoms with E-state index < -0.39 is 11.0 Å². The van der Waals surface area contributed by atoms with Gasteiger partial charge in [0.2, 0.25) is 0 Å². The zero-order valence-electron chi connectivity index (χ0n) is 8.43. The van der Waals surface area contributed by atoms with Gasteiger partial charge in [-0.2, -0.15) is 0 Å². The topological polar surface area (TPSA) is 33.2 Å². The molecular weight excluding hydrogens is 196 g/mol. The minimum Gasteiger partial charge on any atom is -0.263 e. The van der Waals surface area contributed by atoms with Gasteiger partial charge in [0, 0.05) is 25.5 Å². The van der Waals surface area contributed by atoms with Gasteiger partial charge in [-0.3, -0.25) is 4.98 Å². The fourth-order valence-electron chi connectivity index (χ4n) is 1.62. The summed E-state index contributed by atoms with van der Waals surface area (Å²) in [5.74, 6) is 0.543. The van der Waals surface area contributed by atoms with E-state index in [-0.39, 0.29) is 0 Å². The summed E-state index contributed by atoms with van der Waals surface area (Å²) < 4.78 is 13.9. The molecule has 0 spiro atoms. The molecule has 0 aliphatic carbocycles. The lowest BCUT2D eigenvalue weighted by atomic mass is 10.2. The average Bonchev–Trinajstić information content (AvgIpc) is 2.44. The Hall–Kier alpha value is -0.740. The molecule has 1 atom stereocenters. The third kappa shape index (κ3) is 1.72. The van der Waals surface area contributed by atoms with E-state index in [1.54, 1.807) is 12.4 Å². The molecule has 0 bridgehead atoms. The lowest BCUT2D eigenvalue weighted by Crippen LogP contribution is -2.24. The summed E-state index contributed by atoms with van der Waals surface area (Å²) in [5, 5.41) is 0. The van der Waals surface area contributed by atoms with Crippen molar-refractivity contribution in [3.63, 3.8) is 0 Å².